The maximum Gasteiger partial charge on any atom is 0.254 e. The third-order valence-corrected chi connectivity index (χ3v) is 5.72. The van der Waals surface area contributed by atoms with Crippen LogP contribution in [0.25, 0.3) is 0 Å². The van der Waals surface area contributed by atoms with Crippen molar-refractivity contribution in [1.82, 2.24) is 4.90 Å². The molecule has 2 nitrogen and oxygen atoms in total. The lowest BCUT2D eigenvalue weighted by atomic mass is 9.89. The molecule has 0 radical (unpaired) electrons. The van der Waals surface area contributed by atoms with Gasteiger partial charge < -0.3 is 4.74 Å². The van der Waals surface area contributed by atoms with Gasteiger partial charge in [0.25, 0.3) is 5.92 Å². The number of hydrogen-bond donors (Lipinski definition) is 0. The Morgan fingerprint density at radius 2 is 1.60 bits per heavy atom. The lowest BCUT2D eigenvalue weighted by Gasteiger charge is -2.40. The molecule has 0 N–H and O–H groups in total. The van der Waals surface area contributed by atoms with Crippen LogP contribution in [0.2, 0.25) is 0 Å². The van der Waals surface area contributed by atoms with Crippen LogP contribution in [0.1, 0.15) is 52.9 Å². The number of piperidine rings is 1. The molecule has 3 fully saturated rings. The summed E-state index contributed by atoms with van der Waals surface area (Å²) in [6.45, 7) is 8.73. The van der Waals surface area contributed by atoms with Crippen molar-refractivity contribution < 1.29 is 13.5 Å². The molecule has 118 valence electrons. The molecule has 1 saturated heterocycles. The van der Waals surface area contributed by atoms with E-state index in [1.54, 1.807) is 7.11 Å². The van der Waals surface area contributed by atoms with E-state index in [9.17, 15) is 8.78 Å². The van der Waals surface area contributed by atoms with Gasteiger partial charge in [-0.2, -0.15) is 0 Å². The smallest absolute Gasteiger partial charge is 0.254 e. The van der Waals surface area contributed by atoms with Crippen LogP contribution < -0.4 is 0 Å². The van der Waals surface area contributed by atoms with Crippen molar-refractivity contribution in [2.75, 3.05) is 26.8 Å². The van der Waals surface area contributed by atoms with Gasteiger partial charge in [-0.25, -0.2) is 8.78 Å². The molecule has 0 aromatic heterocycles. The number of rotatable bonds is 4. The SMILES string of the molecule is CC.COCC1(C(C)N2CCC3(CC2)CC3(F)F)CC1. The minimum Gasteiger partial charge on any atom is -0.384 e. The van der Waals surface area contributed by atoms with Gasteiger partial charge in [0, 0.05) is 30.4 Å². The Kier molecular flexibility index (Phi) is 4.46. The van der Waals surface area contributed by atoms with Crippen molar-refractivity contribution in [1.29, 1.82) is 0 Å². The molecule has 2 saturated carbocycles. The first-order valence-corrected chi connectivity index (χ1v) is 8.06. The summed E-state index contributed by atoms with van der Waals surface area (Å²) < 4.78 is 32.0. The fraction of sp³-hybridized carbons (Fsp3) is 1.00. The zero-order valence-corrected chi connectivity index (χ0v) is 13.3. The van der Waals surface area contributed by atoms with Crippen LogP contribution in [-0.2, 0) is 4.74 Å². The average molecular weight is 289 g/mol. The van der Waals surface area contributed by atoms with Crippen LogP contribution in [-0.4, -0.2) is 43.7 Å². The Balaban J connectivity index is 0.000000704. The minimum absolute atomic E-state index is 0.130. The number of methoxy groups -OCH3 is 1. The molecule has 0 amide bonds. The van der Waals surface area contributed by atoms with E-state index in [2.05, 4.69) is 11.8 Å². The van der Waals surface area contributed by atoms with Crippen molar-refractivity contribution >= 4 is 0 Å². The molecule has 3 rings (SSSR count). The van der Waals surface area contributed by atoms with Crippen molar-refractivity contribution in [2.45, 2.75) is 64.8 Å². The number of nitrogens with zero attached hydrogens (tertiary/aromatic N) is 1. The van der Waals surface area contributed by atoms with Gasteiger partial charge in [-0.3, -0.25) is 4.90 Å². The van der Waals surface area contributed by atoms with Gasteiger partial charge in [-0.1, -0.05) is 13.8 Å². The fourth-order valence-electron chi connectivity index (χ4n) is 3.78. The van der Waals surface area contributed by atoms with Gasteiger partial charge in [0.15, 0.2) is 0 Å². The molecule has 2 aliphatic carbocycles. The quantitative estimate of drug-likeness (QED) is 0.777. The molecular weight excluding hydrogens is 260 g/mol. The highest BCUT2D eigenvalue weighted by Crippen LogP contribution is 2.66. The molecule has 0 bridgehead atoms. The van der Waals surface area contributed by atoms with Crippen molar-refractivity contribution in [3.05, 3.63) is 0 Å². The number of likely N-dealkylation sites (tertiary alicyclic amines) is 1. The fourth-order valence-corrected chi connectivity index (χ4v) is 3.78. The highest BCUT2D eigenvalue weighted by atomic mass is 19.3. The van der Waals surface area contributed by atoms with E-state index in [0.717, 1.165) is 19.7 Å². The van der Waals surface area contributed by atoms with Crippen LogP contribution in [0.15, 0.2) is 0 Å². The molecular formula is C16H29F2NO. The second kappa shape index (κ2) is 5.53. The topological polar surface area (TPSA) is 12.5 Å². The molecule has 3 aliphatic rings. The van der Waals surface area contributed by atoms with Crippen molar-refractivity contribution in [3.8, 4) is 0 Å². The summed E-state index contributed by atoms with van der Waals surface area (Å²) in [6, 6.07) is 0.474. The van der Waals surface area contributed by atoms with E-state index in [4.69, 9.17) is 4.74 Å². The van der Waals surface area contributed by atoms with Gasteiger partial charge in [0.1, 0.15) is 0 Å². The highest BCUT2D eigenvalue weighted by molar-refractivity contribution is 5.13. The standard InChI is InChI=1S/C14H23F2NO.C2H6/c1-11(12(3-4-12)10-18-2)17-7-5-13(6-8-17)9-14(13,15)16;1-2/h11H,3-10H2,1-2H3;1-2H3. The predicted octanol–water partition coefficient (Wildman–Crippen LogP) is 3.95. The van der Waals surface area contributed by atoms with E-state index in [1.165, 1.54) is 12.8 Å². The molecule has 0 aromatic rings. The second-order valence-electron chi connectivity index (χ2n) is 6.67. The summed E-state index contributed by atoms with van der Waals surface area (Å²) in [5.74, 6) is -2.37. The molecule has 0 aromatic carbocycles. The zero-order chi connectivity index (χ0) is 15.0. The average Bonchev–Trinajstić information content (AvgIpc) is 3.31. The normalized spacial score (nSPS) is 30.3. The molecule has 1 aliphatic heterocycles. The monoisotopic (exact) mass is 289 g/mol. The molecule has 4 heteroatoms. The van der Waals surface area contributed by atoms with Gasteiger partial charge in [0.05, 0.1) is 6.61 Å². The summed E-state index contributed by atoms with van der Waals surface area (Å²) >= 11 is 0. The Morgan fingerprint density at radius 3 is 1.95 bits per heavy atom. The maximum absolute atomic E-state index is 13.3. The van der Waals surface area contributed by atoms with Crippen LogP contribution in [0.5, 0.6) is 0 Å². The summed E-state index contributed by atoms with van der Waals surface area (Å²) in [7, 11) is 1.75. The van der Waals surface area contributed by atoms with E-state index >= 15 is 0 Å². The van der Waals surface area contributed by atoms with Gasteiger partial charge >= 0.3 is 0 Å². The molecule has 1 heterocycles. The van der Waals surface area contributed by atoms with Gasteiger partial charge in [-0.05, 0) is 45.7 Å². The first-order valence-electron chi connectivity index (χ1n) is 8.06. The summed E-state index contributed by atoms with van der Waals surface area (Å²) in [5, 5.41) is 0. The van der Waals surface area contributed by atoms with Gasteiger partial charge in [0.2, 0.25) is 0 Å². The Hall–Kier alpha value is -0.220. The van der Waals surface area contributed by atoms with Crippen molar-refractivity contribution in [3.63, 3.8) is 0 Å². The van der Waals surface area contributed by atoms with Crippen LogP contribution in [0.3, 0.4) is 0 Å². The Morgan fingerprint density at radius 1 is 1.10 bits per heavy atom. The maximum atomic E-state index is 13.3. The summed E-state index contributed by atoms with van der Waals surface area (Å²) in [4.78, 5) is 2.41. The minimum atomic E-state index is -2.37. The Bertz CT molecular complexity index is 333. The number of hydrogen-bond acceptors (Lipinski definition) is 2. The Labute approximate surface area is 121 Å². The number of halogens is 2. The molecule has 20 heavy (non-hydrogen) atoms. The van der Waals surface area contributed by atoms with E-state index in [-0.39, 0.29) is 6.42 Å². The summed E-state index contributed by atoms with van der Waals surface area (Å²) in [5.41, 5.74) is -0.313. The lowest BCUT2D eigenvalue weighted by molar-refractivity contribution is 0.00399. The van der Waals surface area contributed by atoms with Crippen LogP contribution >= 0.6 is 0 Å². The van der Waals surface area contributed by atoms with Gasteiger partial charge in [-0.15, -0.1) is 0 Å². The predicted molar refractivity (Wildman–Crippen MR) is 77.2 cm³/mol. The molecule has 1 atom stereocenters. The van der Waals surface area contributed by atoms with Crippen LogP contribution in [0, 0.1) is 10.8 Å². The first kappa shape index (κ1) is 16.2. The zero-order valence-electron chi connectivity index (χ0n) is 13.3. The highest BCUT2D eigenvalue weighted by Gasteiger charge is 2.70. The number of ether oxygens (including phenoxy) is 1. The largest absolute Gasteiger partial charge is 0.384 e. The van der Waals surface area contributed by atoms with Crippen LogP contribution in [0.4, 0.5) is 8.78 Å². The first-order chi connectivity index (χ1) is 9.45. The number of alkyl halides is 2. The lowest BCUT2D eigenvalue weighted by Crippen LogP contribution is -2.46. The van der Waals surface area contributed by atoms with Crippen molar-refractivity contribution in [2.24, 2.45) is 10.8 Å². The molecule has 1 spiro atoms. The molecule has 1 unspecified atom stereocenters. The third-order valence-electron chi connectivity index (χ3n) is 5.72. The second-order valence-corrected chi connectivity index (χ2v) is 6.67. The van der Waals surface area contributed by atoms with E-state index in [0.29, 0.717) is 24.3 Å². The van der Waals surface area contributed by atoms with E-state index < -0.39 is 11.3 Å². The summed E-state index contributed by atoms with van der Waals surface area (Å²) in [6.07, 6.45) is 3.92. The van der Waals surface area contributed by atoms with E-state index in [1.807, 2.05) is 13.8 Å². The third kappa shape index (κ3) is 2.61.